The van der Waals surface area contributed by atoms with Gasteiger partial charge < -0.3 is 4.42 Å². The first-order valence-electron chi connectivity index (χ1n) is 6.94. The van der Waals surface area contributed by atoms with Crippen molar-refractivity contribution in [3.05, 3.63) is 82.3 Å². The summed E-state index contributed by atoms with van der Waals surface area (Å²) in [6.45, 7) is 0. The van der Waals surface area contributed by atoms with Gasteiger partial charge in [0.2, 0.25) is 0 Å². The molecule has 0 aliphatic rings. The van der Waals surface area contributed by atoms with Crippen LogP contribution in [0.15, 0.2) is 75.6 Å². The number of ketones is 1. The van der Waals surface area contributed by atoms with Gasteiger partial charge in [-0.3, -0.25) is 4.79 Å². The molecule has 0 radical (unpaired) electrons. The lowest BCUT2D eigenvalue weighted by Crippen LogP contribution is -2.01. The van der Waals surface area contributed by atoms with E-state index in [0.29, 0.717) is 11.1 Å². The van der Waals surface area contributed by atoms with Gasteiger partial charge in [0.1, 0.15) is 11.2 Å². The fourth-order valence-corrected chi connectivity index (χ4v) is 3.13. The SMILES string of the molecule is O=C(c1ccc2c(c1)oc1ccccc12)c1ccccc1Br. The summed E-state index contributed by atoms with van der Waals surface area (Å²) in [5.41, 5.74) is 2.85. The number of carbonyl (C=O) groups is 1. The van der Waals surface area contributed by atoms with Crippen LogP contribution in [0.5, 0.6) is 0 Å². The summed E-state index contributed by atoms with van der Waals surface area (Å²) in [6.07, 6.45) is 0. The minimum atomic E-state index is -0.0187. The van der Waals surface area contributed by atoms with Crippen LogP contribution < -0.4 is 0 Å². The second kappa shape index (κ2) is 5.11. The van der Waals surface area contributed by atoms with Gasteiger partial charge in [-0.2, -0.15) is 0 Å². The molecule has 0 N–H and O–H groups in total. The molecule has 0 bridgehead atoms. The summed E-state index contributed by atoms with van der Waals surface area (Å²) < 4.78 is 6.64. The molecular weight excluding hydrogens is 340 g/mol. The maximum absolute atomic E-state index is 12.7. The van der Waals surface area contributed by atoms with Crippen molar-refractivity contribution in [3.63, 3.8) is 0 Å². The number of carbonyl (C=O) groups excluding carboxylic acids is 1. The first-order valence-corrected chi connectivity index (χ1v) is 7.74. The Morgan fingerprint density at radius 3 is 2.41 bits per heavy atom. The molecule has 0 saturated heterocycles. The maximum Gasteiger partial charge on any atom is 0.194 e. The molecule has 4 rings (SSSR count). The van der Waals surface area contributed by atoms with E-state index in [4.69, 9.17) is 4.42 Å². The van der Waals surface area contributed by atoms with Gasteiger partial charge in [-0.05, 0) is 30.3 Å². The largest absolute Gasteiger partial charge is 0.456 e. The Hall–Kier alpha value is -2.39. The summed E-state index contributed by atoms with van der Waals surface area (Å²) >= 11 is 3.43. The Morgan fingerprint density at radius 2 is 1.55 bits per heavy atom. The van der Waals surface area contributed by atoms with Crippen molar-refractivity contribution in [1.82, 2.24) is 0 Å². The summed E-state index contributed by atoms with van der Waals surface area (Å²) in [4.78, 5) is 12.7. The van der Waals surface area contributed by atoms with E-state index in [0.717, 1.165) is 26.4 Å². The van der Waals surface area contributed by atoms with E-state index in [2.05, 4.69) is 15.9 Å². The molecule has 1 aromatic heterocycles. The van der Waals surface area contributed by atoms with Gasteiger partial charge in [-0.25, -0.2) is 0 Å². The molecule has 0 atom stereocenters. The van der Waals surface area contributed by atoms with Crippen molar-refractivity contribution in [2.75, 3.05) is 0 Å². The number of para-hydroxylation sites is 1. The Labute approximate surface area is 135 Å². The van der Waals surface area contributed by atoms with Crippen molar-refractivity contribution in [3.8, 4) is 0 Å². The van der Waals surface area contributed by atoms with Gasteiger partial charge in [0.25, 0.3) is 0 Å². The van der Waals surface area contributed by atoms with E-state index >= 15 is 0 Å². The second-order valence-corrected chi connectivity index (χ2v) is 5.97. The van der Waals surface area contributed by atoms with Gasteiger partial charge in [0.05, 0.1) is 0 Å². The number of fused-ring (bicyclic) bond motifs is 3. The first kappa shape index (κ1) is 13.3. The lowest BCUT2D eigenvalue weighted by Gasteiger charge is -2.03. The van der Waals surface area contributed by atoms with Crippen molar-refractivity contribution in [1.29, 1.82) is 0 Å². The summed E-state index contributed by atoms with van der Waals surface area (Å²) in [7, 11) is 0. The lowest BCUT2D eigenvalue weighted by atomic mass is 10.0. The fraction of sp³-hybridized carbons (Fsp3) is 0. The van der Waals surface area contributed by atoms with Gasteiger partial charge in [-0.1, -0.05) is 52.3 Å². The van der Waals surface area contributed by atoms with Crippen LogP contribution in [0.2, 0.25) is 0 Å². The zero-order valence-electron chi connectivity index (χ0n) is 11.5. The Morgan fingerprint density at radius 1 is 0.818 bits per heavy atom. The van der Waals surface area contributed by atoms with Gasteiger partial charge in [0.15, 0.2) is 5.78 Å². The molecule has 22 heavy (non-hydrogen) atoms. The summed E-state index contributed by atoms with van der Waals surface area (Å²) in [5, 5.41) is 2.09. The number of hydrogen-bond acceptors (Lipinski definition) is 2. The van der Waals surface area contributed by atoms with Crippen LogP contribution in [0.1, 0.15) is 15.9 Å². The molecule has 3 heteroatoms. The highest BCUT2D eigenvalue weighted by molar-refractivity contribution is 9.10. The van der Waals surface area contributed by atoms with Crippen LogP contribution in [0.3, 0.4) is 0 Å². The van der Waals surface area contributed by atoms with E-state index in [-0.39, 0.29) is 5.78 Å². The van der Waals surface area contributed by atoms with Crippen molar-refractivity contribution in [2.45, 2.75) is 0 Å². The minimum absolute atomic E-state index is 0.0187. The molecular formula is C19H11BrO2. The third-order valence-corrected chi connectivity index (χ3v) is 4.45. The van der Waals surface area contributed by atoms with Gasteiger partial charge in [-0.15, -0.1) is 0 Å². The zero-order valence-corrected chi connectivity index (χ0v) is 13.1. The van der Waals surface area contributed by atoms with Crippen molar-refractivity contribution in [2.24, 2.45) is 0 Å². The molecule has 4 aromatic rings. The van der Waals surface area contributed by atoms with E-state index in [1.54, 1.807) is 0 Å². The van der Waals surface area contributed by atoms with Crippen molar-refractivity contribution < 1.29 is 9.21 Å². The smallest absolute Gasteiger partial charge is 0.194 e. The van der Waals surface area contributed by atoms with Crippen LogP contribution in [-0.4, -0.2) is 5.78 Å². The topological polar surface area (TPSA) is 30.2 Å². The van der Waals surface area contributed by atoms with Crippen LogP contribution >= 0.6 is 15.9 Å². The molecule has 0 spiro atoms. The Balaban J connectivity index is 1.88. The quantitative estimate of drug-likeness (QED) is 0.441. The summed E-state index contributed by atoms with van der Waals surface area (Å²) in [5.74, 6) is -0.0187. The molecule has 0 aliphatic heterocycles. The number of halogens is 1. The third kappa shape index (κ3) is 2.06. The highest BCUT2D eigenvalue weighted by Crippen LogP contribution is 2.30. The lowest BCUT2D eigenvalue weighted by molar-refractivity contribution is 0.103. The standard InChI is InChI=1S/C19H11BrO2/c20-16-7-3-1-6-15(16)19(21)12-9-10-14-13-5-2-4-8-17(13)22-18(14)11-12/h1-11H. The molecule has 1 heterocycles. The second-order valence-electron chi connectivity index (χ2n) is 5.12. The van der Waals surface area contributed by atoms with Crippen LogP contribution in [0.4, 0.5) is 0 Å². The number of furan rings is 1. The first-order chi connectivity index (χ1) is 10.7. The minimum Gasteiger partial charge on any atom is -0.456 e. The normalized spacial score (nSPS) is 11.1. The molecule has 0 aliphatic carbocycles. The van der Waals surface area contributed by atoms with E-state index in [9.17, 15) is 4.79 Å². The van der Waals surface area contributed by atoms with Gasteiger partial charge >= 0.3 is 0 Å². The molecule has 106 valence electrons. The molecule has 2 nitrogen and oxygen atoms in total. The van der Waals surface area contributed by atoms with Crippen LogP contribution in [-0.2, 0) is 0 Å². The monoisotopic (exact) mass is 350 g/mol. The molecule has 0 fully saturated rings. The van der Waals surface area contributed by atoms with Crippen molar-refractivity contribution >= 4 is 43.7 Å². The average molecular weight is 351 g/mol. The average Bonchev–Trinajstić information content (AvgIpc) is 2.92. The number of hydrogen-bond donors (Lipinski definition) is 0. The highest BCUT2D eigenvalue weighted by Gasteiger charge is 2.14. The van der Waals surface area contributed by atoms with Crippen LogP contribution in [0, 0.1) is 0 Å². The van der Waals surface area contributed by atoms with E-state index in [1.807, 2.05) is 66.7 Å². The fourth-order valence-electron chi connectivity index (χ4n) is 2.67. The maximum atomic E-state index is 12.7. The molecule has 0 amide bonds. The Kier molecular flexibility index (Phi) is 3.09. The zero-order chi connectivity index (χ0) is 15.1. The number of rotatable bonds is 2. The Bertz CT molecular complexity index is 1010. The van der Waals surface area contributed by atoms with Gasteiger partial charge in [0, 0.05) is 26.4 Å². The predicted molar refractivity (Wildman–Crippen MR) is 91.3 cm³/mol. The number of benzene rings is 3. The summed E-state index contributed by atoms with van der Waals surface area (Å²) in [6, 6.07) is 20.9. The van der Waals surface area contributed by atoms with E-state index in [1.165, 1.54) is 0 Å². The van der Waals surface area contributed by atoms with E-state index < -0.39 is 0 Å². The predicted octanol–water partition coefficient (Wildman–Crippen LogP) is 5.58. The molecule has 0 saturated carbocycles. The third-order valence-electron chi connectivity index (χ3n) is 3.76. The highest BCUT2D eigenvalue weighted by atomic mass is 79.9. The van der Waals surface area contributed by atoms with Crippen LogP contribution in [0.25, 0.3) is 21.9 Å². The molecule has 0 unspecified atom stereocenters. The molecule has 3 aromatic carbocycles.